The number of hydrogen-bond donors (Lipinski definition) is 1. The summed E-state index contributed by atoms with van der Waals surface area (Å²) >= 11 is 11.9. The monoisotopic (exact) mass is 428 g/mol. The molecular formula is C22H18Cl2N2O3. The third-order valence-corrected chi connectivity index (χ3v) is 4.67. The predicted molar refractivity (Wildman–Crippen MR) is 116 cm³/mol. The zero-order valence-electron chi connectivity index (χ0n) is 15.6. The second-order valence-electron chi connectivity index (χ2n) is 6.19. The average molecular weight is 429 g/mol. The molecule has 0 aliphatic heterocycles. The summed E-state index contributed by atoms with van der Waals surface area (Å²) in [5.74, 6) is 0.0415. The molecule has 7 heteroatoms. The lowest BCUT2D eigenvalue weighted by molar-refractivity contribution is -0.118. The van der Waals surface area contributed by atoms with Gasteiger partial charge in [-0.1, -0.05) is 41.4 Å². The quantitative estimate of drug-likeness (QED) is 0.580. The lowest BCUT2D eigenvalue weighted by Gasteiger charge is -2.18. The van der Waals surface area contributed by atoms with Crippen LogP contribution < -0.4 is 15.0 Å². The van der Waals surface area contributed by atoms with Gasteiger partial charge in [0, 0.05) is 23.3 Å². The van der Waals surface area contributed by atoms with Crippen molar-refractivity contribution in [3.8, 4) is 5.75 Å². The first-order chi connectivity index (χ1) is 13.9. The highest BCUT2D eigenvalue weighted by atomic mass is 35.5. The van der Waals surface area contributed by atoms with Crippen molar-refractivity contribution in [3.63, 3.8) is 0 Å². The fourth-order valence-electron chi connectivity index (χ4n) is 2.58. The number of benzene rings is 3. The third kappa shape index (κ3) is 5.50. The third-order valence-electron chi connectivity index (χ3n) is 4.12. The normalized spacial score (nSPS) is 10.3. The number of halogens is 2. The number of hydrogen-bond acceptors (Lipinski definition) is 3. The van der Waals surface area contributed by atoms with Gasteiger partial charge in [-0.15, -0.1) is 0 Å². The number of nitrogens with one attached hydrogen (secondary N) is 1. The van der Waals surface area contributed by atoms with E-state index < -0.39 is 0 Å². The van der Waals surface area contributed by atoms with Gasteiger partial charge in [-0.25, -0.2) is 0 Å². The number of amides is 2. The zero-order valence-corrected chi connectivity index (χ0v) is 17.1. The van der Waals surface area contributed by atoms with Crippen molar-refractivity contribution in [2.45, 2.75) is 0 Å². The predicted octanol–water partition coefficient (Wildman–Crippen LogP) is 5.29. The Bertz CT molecular complexity index is 1010. The molecule has 3 aromatic rings. The van der Waals surface area contributed by atoms with Crippen LogP contribution in [-0.2, 0) is 4.79 Å². The fraction of sp³-hybridized carbons (Fsp3) is 0.0909. The first-order valence-corrected chi connectivity index (χ1v) is 9.50. The van der Waals surface area contributed by atoms with Gasteiger partial charge in [-0.2, -0.15) is 0 Å². The highest BCUT2D eigenvalue weighted by Gasteiger charge is 2.13. The van der Waals surface area contributed by atoms with Crippen LogP contribution in [0.5, 0.6) is 5.75 Å². The van der Waals surface area contributed by atoms with Gasteiger partial charge in [0.25, 0.3) is 11.8 Å². The molecule has 0 unspecified atom stereocenters. The molecule has 0 spiro atoms. The van der Waals surface area contributed by atoms with E-state index in [9.17, 15) is 9.59 Å². The van der Waals surface area contributed by atoms with Crippen molar-refractivity contribution in [2.75, 3.05) is 23.9 Å². The second-order valence-corrected chi connectivity index (χ2v) is 7.03. The van der Waals surface area contributed by atoms with Gasteiger partial charge in [0.2, 0.25) is 0 Å². The summed E-state index contributed by atoms with van der Waals surface area (Å²) in [6, 6.07) is 20.7. The fourth-order valence-corrected chi connectivity index (χ4v) is 3.04. The molecule has 0 saturated carbocycles. The maximum Gasteiger partial charge on any atom is 0.262 e. The summed E-state index contributed by atoms with van der Waals surface area (Å²) in [6.45, 7) is -0.183. The molecular weight excluding hydrogens is 411 g/mol. The number of nitrogens with zero attached hydrogens (tertiary/aromatic N) is 1. The van der Waals surface area contributed by atoms with Gasteiger partial charge in [0.05, 0.1) is 10.7 Å². The summed E-state index contributed by atoms with van der Waals surface area (Å²) in [4.78, 5) is 26.1. The molecule has 148 valence electrons. The van der Waals surface area contributed by atoms with Crippen LogP contribution in [0.3, 0.4) is 0 Å². The summed E-state index contributed by atoms with van der Waals surface area (Å²) in [5, 5.41) is 3.50. The van der Waals surface area contributed by atoms with Crippen LogP contribution in [0.15, 0.2) is 72.8 Å². The van der Waals surface area contributed by atoms with E-state index in [0.29, 0.717) is 32.7 Å². The number of carbonyl (C=O) groups is 2. The van der Waals surface area contributed by atoms with Crippen LogP contribution >= 0.6 is 23.2 Å². The molecule has 0 aliphatic rings. The lowest BCUT2D eigenvalue weighted by Crippen LogP contribution is -2.26. The van der Waals surface area contributed by atoms with E-state index in [-0.39, 0.29) is 18.4 Å². The molecule has 0 aromatic heterocycles. The van der Waals surface area contributed by atoms with Gasteiger partial charge in [0.1, 0.15) is 5.75 Å². The minimum absolute atomic E-state index is 0.113. The van der Waals surface area contributed by atoms with E-state index in [2.05, 4.69) is 5.32 Å². The van der Waals surface area contributed by atoms with E-state index in [1.165, 1.54) is 0 Å². The van der Waals surface area contributed by atoms with Crippen molar-refractivity contribution in [1.29, 1.82) is 0 Å². The van der Waals surface area contributed by atoms with Crippen molar-refractivity contribution < 1.29 is 14.3 Å². The lowest BCUT2D eigenvalue weighted by atomic mass is 10.2. The summed E-state index contributed by atoms with van der Waals surface area (Å²) < 4.78 is 5.50. The molecule has 29 heavy (non-hydrogen) atoms. The standard InChI is InChI=1S/C22H18Cl2N2O3/c1-26(22(28)15-5-3-2-4-6-15)17-8-10-18(11-9-17)29-14-21(27)25-20-12-7-16(23)13-19(20)24/h2-13H,14H2,1H3,(H,25,27). The minimum Gasteiger partial charge on any atom is -0.484 e. The first-order valence-electron chi connectivity index (χ1n) is 8.75. The van der Waals surface area contributed by atoms with Crippen LogP contribution in [0.4, 0.5) is 11.4 Å². The largest absolute Gasteiger partial charge is 0.484 e. The van der Waals surface area contributed by atoms with Crippen LogP contribution in [0, 0.1) is 0 Å². The highest BCUT2D eigenvalue weighted by Crippen LogP contribution is 2.25. The van der Waals surface area contributed by atoms with Crippen LogP contribution in [0.2, 0.25) is 10.0 Å². The van der Waals surface area contributed by atoms with Gasteiger partial charge in [-0.3, -0.25) is 9.59 Å². The van der Waals surface area contributed by atoms with Gasteiger partial charge in [0.15, 0.2) is 6.61 Å². The van der Waals surface area contributed by atoms with Crippen LogP contribution in [0.25, 0.3) is 0 Å². The Kier molecular flexibility index (Phi) is 6.75. The Morgan fingerprint density at radius 3 is 2.31 bits per heavy atom. The van der Waals surface area contributed by atoms with E-state index in [1.807, 2.05) is 18.2 Å². The molecule has 0 fully saturated rings. The maximum atomic E-state index is 12.5. The number of carbonyl (C=O) groups excluding carboxylic acids is 2. The molecule has 2 amide bonds. The molecule has 0 atom stereocenters. The van der Waals surface area contributed by atoms with Gasteiger partial charge in [-0.05, 0) is 54.6 Å². The molecule has 0 saturated heterocycles. The van der Waals surface area contributed by atoms with Gasteiger partial charge < -0.3 is 15.0 Å². The second kappa shape index (κ2) is 9.45. The van der Waals surface area contributed by atoms with Gasteiger partial charge >= 0.3 is 0 Å². The summed E-state index contributed by atoms with van der Waals surface area (Å²) in [6.07, 6.45) is 0. The molecule has 5 nitrogen and oxygen atoms in total. The number of rotatable bonds is 6. The summed E-state index contributed by atoms with van der Waals surface area (Å²) in [5.41, 5.74) is 1.78. The molecule has 3 rings (SSSR count). The molecule has 0 radical (unpaired) electrons. The molecule has 0 heterocycles. The average Bonchev–Trinajstić information content (AvgIpc) is 2.74. The molecule has 3 aromatic carbocycles. The van der Waals surface area contributed by atoms with Crippen molar-refractivity contribution in [3.05, 3.63) is 88.4 Å². The van der Waals surface area contributed by atoms with E-state index in [0.717, 1.165) is 0 Å². The number of anilines is 2. The molecule has 0 aliphatic carbocycles. The summed E-state index contributed by atoms with van der Waals surface area (Å²) in [7, 11) is 1.70. The van der Waals surface area contributed by atoms with Crippen molar-refractivity contribution in [1.82, 2.24) is 0 Å². The number of ether oxygens (including phenoxy) is 1. The Labute approximate surface area is 178 Å². The topological polar surface area (TPSA) is 58.6 Å². The Balaban J connectivity index is 1.56. The van der Waals surface area contributed by atoms with E-state index in [4.69, 9.17) is 27.9 Å². The van der Waals surface area contributed by atoms with Crippen LogP contribution in [-0.4, -0.2) is 25.5 Å². The first kappa shape index (κ1) is 20.7. The molecule has 1 N–H and O–H groups in total. The SMILES string of the molecule is CN(C(=O)c1ccccc1)c1ccc(OCC(=O)Nc2ccc(Cl)cc2Cl)cc1. The Hall–Kier alpha value is -3.02. The van der Waals surface area contributed by atoms with Crippen molar-refractivity contribution >= 4 is 46.4 Å². The van der Waals surface area contributed by atoms with Crippen LogP contribution in [0.1, 0.15) is 10.4 Å². The maximum absolute atomic E-state index is 12.5. The van der Waals surface area contributed by atoms with E-state index >= 15 is 0 Å². The molecule has 0 bridgehead atoms. The van der Waals surface area contributed by atoms with Crippen molar-refractivity contribution in [2.24, 2.45) is 0 Å². The minimum atomic E-state index is -0.352. The smallest absolute Gasteiger partial charge is 0.262 e. The highest BCUT2D eigenvalue weighted by molar-refractivity contribution is 6.36. The van der Waals surface area contributed by atoms with E-state index in [1.54, 1.807) is 66.5 Å². The Morgan fingerprint density at radius 2 is 1.66 bits per heavy atom. The zero-order chi connectivity index (χ0) is 20.8. The Morgan fingerprint density at radius 1 is 0.966 bits per heavy atom.